The summed E-state index contributed by atoms with van der Waals surface area (Å²) in [6.07, 6.45) is 4.77. The van der Waals surface area contributed by atoms with E-state index in [1.807, 2.05) is 44.4 Å². The van der Waals surface area contributed by atoms with E-state index >= 15 is 0 Å². The highest BCUT2D eigenvalue weighted by Gasteiger charge is 2.12. The number of likely N-dealkylation sites (N-methyl/N-ethyl adjacent to an activating group) is 1. The van der Waals surface area contributed by atoms with Crippen LogP contribution in [0.5, 0.6) is 5.75 Å². The van der Waals surface area contributed by atoms with E-state index in [0.717, 1.165) is 40.1 Å². The largest absolute Gasteiger partial charge is 0.492 e. The molecule has 31 heavy (non-hydrogen) atoms. The zero-order valence-electron chi connectivity index (χ0n) is 18.4. The van der Waals surface area contributed by atoms with Crippen LogP contribution in [0.1, 0.15) is 23.1 Å². The molecule has 0 fully saturated rings. The van der Waals surface area contributed by atoms with Crippen molar-refractivity contribution in [1.29, 1.82) is 0 Å². The SMILES string of the molecule is CN(C)CCOc1ccc(C(=C(/C=C\CCO)c2ccccc2)c2ccccc2)cc1. The van der Waals surface area contributed by atoms with Crippen LogP contribution in [-0.2, 0) is 0 Å². The summed E-state index contributed by atoms with van der Waals surface area (Å²) in [5, 5.41) is 9.27. The molecule has 0 amide bonds. The van der Waals surface area contributed by atoms with Crippen molar-refractivity contribution in [3.63, 3.8) is 0 Å². The Balaban J connectivity index is 2.06. The third-order valence-corrected chi connectivity index (χ3v) is 4.95. The lowest BCUT2D eigenvalue weighted by atomic mass is 9.89. The number of ether oxygens (including phenoxy) is 1. The van der Waals surface area contributed by atoms with Gasteiger partial charge in [0.25, 0.3) is 0 Å². The smallest absolute Gasteiger partial charge is 0.119 e. The van der Waals surface area contributed by atoms with Gasteiger partial charge in [-0.25, -0.2) is 0 Å². The minimum atomic E-state index is 0.137. The Bertz CT molecular complexity index is 975. The molecule has 0 bridgehead atoms. The Morgan fingerprint density at radius 2 is 1.39 bits per heavy atom. The first-order chi connectivity index (χ1) is 15.2. The first-order valence-corrected chi connectivity index (χ1v) is 10.7. The van der Waals surface area contributed by atoms with Crippen molar-refractivity contribution in [1.82, 2.24) is 4.90 Å². The molecule has 160 valence electrons. The summed E-state index contributed by atoms with van der Waals surface area (Å²) in [5.41, 5.74) is 5.69. The van der Waals surface area contributed by atoms with Gasteiger partial charge in [-0.1, -0.05) is 84.9 Å². The van der Waals surface area contributed by atoms with Gasteiger partial charge in [-0.15, -0.1) is 0 Å². The third kappa shape index (κ3) is 6.68. The fourth-order valence-electron chi connectivity index (χ4n) is 3.36. The van der Waals surface area contributed by atoms with Gasteiger partial charge in [0.05, 0.1) is 0 Å². The lowest BCUT2D eigenvalue weighted by molar-refractivity contribution is 0.261. The standard InChI is InChI=1S/C28H31NO2/c1-29(2)20-22-31-26-18-16-25(17-19-26)28(24-13-7-4-8-14-24)27(15-9-10-21-30)23-11-5-3-6-12-23/h3-9,11-19,30H,10,20-22H2,1-2H3/b15-9-,28-27?. The molecule has 0 unspecified atom stereocenters. The number of aliphatic hydroxyl groups excluding tert-OH is 1. The van der Waals surface area contributed by atoms with Crippen molar-refractivity contribution in [2.45, 2.75) is 6.42 Å². The van der Waals surface area contributed by atoms with Crippen LogP contribution in [0.4, 0.5) is 0 Å². The summed E-state index contributed by atoms with van der Waals surface area (Å²) in [6.45, 7) is 1.68. The molecule has 3 aromatic rings. The zero-order chi connectivity index (χ0) is 21.9. The van der Waals surface area contributed by atoms with Crippen LogP contribution in [0.3, 0.4) is 0 Å². The van der Waals surface area contributed by atoms with Crippen LogP contribution in [-0.4, -0.2) is 43.9 Å². The Kier molecular flexibility index (Phi) is 8.65. The van der Waals surface area contributed by atoms with E-state index in [2.05, 4.69) is 71.6 Å². The second kappa shape index (κ2) is 11.9. The molecule has 0 aliphatic heterocycles. The summed E-state index contributed by atoms with van der Waals surface area (Å²) < 4.78 is 5.88. The second-order valence-corrected chi connectivity index (χ2v) is 7.61. The number of rotatable bonds is 10. The van der Waals surface area contributed by atoms with Gasteiger partial charge in [-0.3, -0.25) is 0 Å². The maximum Gasteiger partial charge on any atom is 0.119 e. The summed E-state index contributed by atoms with van der Waals surface area (Å²) in [4.78, 5) is 2.11. The molecule has 0 aliphatic rings. The molecule has 0 saturated heterocycles. The highest BCUT2D eigenvalue weighted by molar-refractivity contribution is 6.02. The van der Waals surface area contributed by atoms with Crippen LogP contribution in [0.2, 0.25) is 0 Å². The molecule has 0 atom stereocenters. The Labute approximate surface area is 185 Å². The lowest BCUT2D eigenvalue weighted by Gasteiger charge is -2.16. The fraction of sp³-hybridized carbons (Fsp3) is 0.214. The van der Waals surface area contributed by atoms with E-state index in [-0.39, 0.29) is 6.61 Å². The van der Waals surface area contributed by atoms with Crippen LogP contribution >= 0.6 is 0 Å². The monoisotopic (exact) mass is 413 g/mol. The molecule has 0 radical (unpaired) electrons. The predicted octanol–water partition coefficient (Wildman–Crippen LogP) is 5.52. The van der Waals surface area contributed by atoms with Crippen molar-refractivity contribution in [3.05, 3.63) is 114 Å². The number of hydrogen-bond acceptors (Lipinski definition) is 3. The van der Waals surface area contributed by atoms with Crippen LogP contribution < -0.4 is 4.74 Å². The van der Waals surface area contributed by atoms with Crippen molar-refractivity contribution in [3.8, 4) is 5.75 Å². The van der Waals surface area contributed by atoms with Gasteiger partial charge in [0.15, 0.2) is 0 Å². The first kappa shape index (κ1) is 22.5. The summed E-state index contributed by atoms with van der Waals surface area (Å²) in [7, 11) is 4.08. The topological polar surface area (TPSA) is 32.7 Å². The quantitative estimate of drug-likeness (QED) is 0.351. The number of allylic oxidation sites excluding steroid dienone is 2. The Morgan fingerprint density at radius 1 is 0.806 bits per heavy atom. The highest BCUT2D eigenvalue weighted by Crippen LogP contribution is 2.34. The van der Waals surface area contributed by atoms with E-state index in [0.29, 0.717) is 13.0 Å². The maximum atomic E-state index is 9.27. The average molecular weight is 414 g/mol. The van der Waals surface area contributed by atoms with Crippen molar-refractivity contribution < 1.29 is 9.84 Å². The molecule has 0 saturated carbocycles. The zero-order valence-corrected chi connectivity index (χ0v) is 18.4. The molecule has 0 spiro atoms. The second-order valence-electron chi connectivity index (χ2n) is 7.61. The van der Waals surface area contributed by atoms with Crippen molar-refractivity contribution in [2.24, 2.45) is 0 Å². The number of aliphatic hydroxyl groups is 1. The van der Waals surface area contributed by atoms with E-state index in [1.165, 1.54) is 0 Å². The fourth-order valence-corrected chi connectivity index (χ4v) is 3.36. The van der Waals surface area contributed by atoms with Gasteiger partial charge in [-0.05, 0) is 60.5 Å². The summed E-state index contributed by atoms with van der Waals surface area (Å²) in [6, 6.07) is 29.1. The van der Waals surface area contributed by atoms with Gasteiger partial charge in [0.2, 0.25) is 0 Å². The van der Waals surface area contributed by atoms with Crippen LogP contribution in [0.15, 0.2) is 97.1 Å². The number of benzene rings is 3. The van der Waals surface area contributed by atoms with Gasteiger partial charge in [0.1, 0.15) is 12.4 Å². The highest BCUT2D eigenvalue weighted by atomic mass is 16.5. The van der Waals surface area contributed by atoms with Gasteiger partial charge in [-0.2, -0.15) is 0 Å². The van der Waals surface area contributed by atoms with Crippen molar-refractivity contribution in [2.75, 3.05) is 33.9 Å². The minimum absolute atomic E-state index is 0.137. The molecular formula is C28H31NO2. The van der Waals surface area contributed by atoms with Gasteiger partial charge in [0, 0.05) is 13.2 Å². The van der Waals surface area contributed by atoms with Gasteiger partial charge >= 0.3 is 0 Å². The minimum Gasteiger partial charge on any atom is -0.492 e. The first-order valence-electron chi connectivity index (χ1n) is 10.7. The molecule has 0 aromatic heterocycles. The van der Waals surface area contributed by atoms with Crippen molar-refractivity contribution >= 4 is 11.1 Å². The lowest BCUT2D eigenvalue weighted by Crippen LogP contribution is -2.19. The molecule has 1 N–H and O–H groups in total. The molecule has 3 heteroatoms. The van der Waals surface area contributed by atoms with Crippen LogP contribution in [0.25, 0.3) is 11.1 Å². The van der Waals surface area contributed by atoms with E-state index in [4.69, 9.17) is 4.74 Å². The van der Waals surface area contributed by atoms with E-state index < -0.39 is 0 Å². The molecular weight excluding hydrogens is 382 g/mol. The number of hydrogen-bond donors (Lipinski definition) is 1. The number of nitrogens with zero attached hydrogens (tertiary/aromatic N) is 1. The average Bonchev–Trinajstić information content (AvgIpc) is 2.80. The Hall–Kier alpha value is -3.14. The third-order valence-electron chi connectivity index (χ3n) is 4.95. The molecule has 3 rings (SSSR count). The van der Waals surface area contributed by atoms with E-state index in [1.54, 1.807) is 0 Å². The summed E-state index contributed by atoms with van der Waals surface area (Å²) in [5.74, 6) is 0.870. The molecule has 3 aromatic carbocycles. The summed E-state index contributed by atoms with van der Waals surface area (Å²) >= 11 is 0. The van der Waals surface area contributed by atoms with Crippen LogP contribution in [0, 0.1) is 0 Å². The molecule has 0 heterocycles. The van der Waals surface area contributed by atoms with Gasteiger partial charge < -0.3 is 14.7 Å². The predicted molar refractivity (Wildman–Crippen MR) is 130 cm³/mol. The Morgan fingerprint density at radius 3 is 1.97 bits per heavy atom. The van der Waals surface area contributed by atoms with E-state index in [9.17, 15) is 5.11 Å². The molecule has 0 aliphatic carbocycles. The maximum absolute atomic E-state index is 9.27. The normalized spacial score (nSPS) is 12.3. The molecule has 3 nitrogen and oxygen atoms in total.